The number of halogens is 1. The van der Waals surface area contributed by atoms with E-state index in [2.05, 4.69) is 14.7 Å². The zero-order chi connectivity index (χ0) is 17.1. The lowest BCUT2D eigenvalue weighted by Gasteiger charge is -2.32. The first-order valence-corrected chi connectivity index (χ1v) is 9.06. The van der Waals surface area contributed by atoms with Crippen molar-refractivity contribution in [3.63, 3.8) is 0 Å². The van der Waals surface area contributed by atoms with Gasteiger partial charge in [-0.2, -0.15) is 4.37 Å². The Morgan fingerprint density at radius 3 is 2.83 bits per heavy atom. The van der Waals surface area contributed by atoms with Gasteiger partial charge in [0.2, 0.25) is 5.13 Å². The summed E-state index contributed by atoms with van der Waals surface area (Å²) in [6.07, 6.45) is 2.85. The van der Waals surface area contributed by atoms with E-state index in [1.54, 1.807) is 13.0 Å². The number of hydrogen-bond acceptors (Lipinski definition) is 5. The molecule has 2 amide bonds. The smallest absolute Gasteiger partial charge is 0.323 e. The van der Waals surface area contributed by atoms with Crippen LogP contribution >= 0.6 is 23.1 Å². The maximum absolute atomic E-state index is 12.3. The highest BCUT2D eigenvalue weighted by molar-refractivity contribution is 7.09. The Labute approximate surface area is 150 Å². The molecule has 0 radical (unpaired) electrons. The molecule has 1 aromatic carbocycles. The standard InChI is InChI=1S/C16H20ClN5OS/c1-10-19-15(24-21-10)20-16(23)22-6-4-11(5-7-22)8-12-2-3-13(17)9-14(12)18/h2-3,9,11H,4-8,18H2,1H3,(H,19,20,21,23). The number of nitrogens with two attached hydrogens (primary N) is 1. The van der Waals surface area contributed by atoms with Crippen LogP contribution in [0.25, 0.3) is 0 Å². The van der Waals surface area contributed by atoms with Gasteiger partial charge in [0.25, 0.3) is 0 Å². The Morgan fingerprint density at radius 2 is 2.21 bits per heavy atom. The van der Waals surface area contributed by atoms with Gasteiger partial charge in [-0.15, -0.1) is 0 Å². The molecule has 0 spiro atoms. The van der Waals surface area contributed by atoms with Crippen molar-refractivity contribution in [3.05, 3.63) is 34.6 Å². The number of hydrogen-bond donors (Lipinski definition) is 2. The van der Waals surface area contributed by atoms with Crippen molar-refractivity contribution < 1.29 is 4.79 Å². The quantitative estimate of drug-likeness (QED) is 0.814. The summed E-state index contributed by atoms with van der Waals surface area (Å²) in [5.41, 5.74) is 7.91. The van der Waals surface area contributed by atoms with E-state index in [1.165, 1.54) is 11.5 Å². The van der Waals surface area contributed by atoms with Crippen molar-refractivity contribution >= 4 is 40.0 Å². The van der Waals surface area contributed by atoms with Gasteiger partial charge < -0.3 is 10.6 Å². The van der Waals surface area contributed by atoms with Crippen LogP contribution in [-0.4, -0.2) is 33.4 Å². The van der Waals surface area contributed by atoms with Crippen molar-refractivity contribution in [2.45, 2.75) is 26.2 Å². The molecule has 0 atom stereocenters. The highest BCUT2D eigenvalue weighted by Gasteiger charge is 2.24. The molecule has 1 aromatic heterocycles. The van der Waals surface area contributed by atoms with Gasteiger partial charge in [0.15, 0.2) is 0 Å². The van der Waals surface area contributed by atoms with Gasteiger partial charge >= 0.3 is 6.03 Å². The Morgan fingerprint density at radius 1 is 1.46 bits per heavy atom. The van der Waals surface area contributed by atoms with Crippen LogP contribution in [0.3, 0.4) is 0 Å². The number of benzene rings is 1. The lowest BCUT2D eigenvalue weighted by Crippen LogP contribution is -2.41. The number of piperidine rings is 1. The van der Waals surface area contributed by atoms with Gasteiger partial charge in [-0.25, -0.2) is 9.78 Å². The zero-order valence-corrected chi connectivity index (χ0v) is 15.0. The minimum absolute atomic E-state index is 0.101. The van der Waals surface area contributed by atoms with E-state index in [0.29, 0.717) is 21.9 Å². The third kappa shape index (κ3) is 4.15. The molecule has 1 fully saturated rings. The first-order valence-electron chi connectivity index (χ1n) is 7.91. The molecule has 0 aliphatic carbocycles. The summed E-state index contributed by atoms with van der Waals surface area (Å²) in [4.78, 5) is 18.2. The number of carbonyl (C=O) groups excluding carboxylic acids is 1. The van der Waals surface area contributed by atoms with Crippen molar-refractivity contribution in [3.8, 4) is 0 Å². The summed E-state index contributed by atoms with van der Waals surface area (Å²) in [5.74, 6) is 1.20. The molecule has 24 heavy (non-hydrogen) atoms. The molecule has 1 aliphatic rings. The number of nitrogens with one attached hydrogen (secondary N) is 1. The molecule has 0 saturated carbocycles. The SMILES string of the molecule is Cc1nsc(NC(=O)N2CCC(Cc3ccc(Cl)cc3N)CC2)n1. The Bertz CT molecular complexity index is 727. The lowest BCUT2D eigenvalue weighted by atomic mass is 9.89. The summed E-state index contributed by atoms with van der Waals surface area (Å²) >= 11 is 7.14. The fourth-order valence-corrected chi connectivity index (χ4v) is 3.67. The van der Waals surface area contributed by atoms with E-state index >= 15 is 0 Å². The average Bonchev–Trinajstić information content (AvgIpc) is 2.96. The third-order valence-corrected chi connectivity index (χ3v) is 5.22. The van der Waals surface area contributed by atoms with E-state index in [9.17, 15) is 4.79 Å². The lowest BCUT2D eigenvalue weighted by molar-refractivity contribution is 0.182. The van der Waals surface area contributed by atoms with Gasteiger partial charge in [-0.05, 0) is 49.8 Å². The summed E-state index contributed by atoms with van der Waals surface area (Å²) in [6.45, 7) is 3.28. The van der Waals surface area contributed by atoms with Crippen molar-refractivity contribution in [1.29, 1.82) is 0 Å². The largest absolute Gasteiger partial charge is 0.398 e. The molecule has 6 nitrogen and oxygen atoms in total. The first kappa shape index (κ1) is 17.0. The van der Waals surface area contributed by atoms with Crippen LogP contribution in [0, 0.1) is 12.8 Å². The minimum atomic E-state index is -0.101. The van der Waals surface area contributed by atoms with Crippen LogP contribution in [0.4, 0.5) is 15.6 Å². The van der Waals surface area contributed by atoms with Gasteiger partial charge in [-0.3, -0.25) is 5.32 Å². The van der Waals surface area contributed by atoms with Crippen molar-refractivity contribution in [1.82, 2.24) is 14.3 Å². The highest BCUT2D eigenvalue weighted by Crippen LogP contribution is 2.26. The van der Waals surface area contributed by atoms with Gasteiger partial charge in [0.1, 0.15) is 5.82 Å². The molecular formula is C16H20ClN5OS. The molecule has 2 heterocycles. The molecule has 0 unspecified atom stereocenters. The van der Waals surface area contributed by atoms with E-state index < -0.39 is 0 Å². The van der Waals surface area contributed by atoms with Gasteiger partial charge in [0, 0.05) is 35.3 Å². The normalized spacial score (nSPS) is 15.5. The van der Waals surface area contributed by atoms with Crippen LogP contribution in [0.5, 0.6) is 0 Å². The number of amides is 2. The number of likely N-dealkylation sites (tertiary alicyclic amines) is 1. The number of carbonyl (C=O) groups is 1. The van der Waals surface area contributed by atoms with Crippen molar-refractivity contribution in [2.75, 3.05) is 24.1 Å². The van der Waals surface area contributed by atoms with E-state index in [0.717, 1.165) is 43.6 Å². The molecule has 8 heteroatoms. The number of aromatic nitrogens is 2. The molecule has 3 N–H and O–H groups in total. The van der Waals surface area contributed by atoms with Crippen LogP contribution in [0.15, 0.2) is 18.2 Å². The first-order chi connectivity index (χ1) is 11.5. The topological polar surface area (TPSA) is 84.1 Å². The second-order valence-electron chi connectivity index (χ2n) is 6.05. The highest BCUT2D eigenvalue weighted by atomic mass is 35.5. The number of aryl methyl sites for hydroxylation is 1. The number of anilines is 2. The number of nitrogens with zero attached hydrogens (tertiary/aromatic N) is 3. The third-order valence-electron chi connectivity index (χ3n) is 4.26. The Hall–Kier alpha value is -1.86. The molecule has 3 rings (SSSR count). The average molecular weight is 366 g/mol. The van der Waals surface area contributed by atoms with Gasteiger partial charge in [-0.1, -0.05) is 17.7 Å². The number of rotatable bonds is 3. The molecule has 128 valence electrons. The molecular weight excluding hydrogens is 346 g/mol. The molecule has 0 bridgehead atoms. The van der Waals surface area contributed by atoms with E-state index in [1.807, 2.05) is 17.0 Å². The van der Waals surface area contributed by atoms with Gasteiger partial charge in [0.05, 0.1) is 0 Å². The fourth-order valence-electron chi connectivity index (χ4n) is 2.92. The van der Waals surface area contributed by atoms with Crippen LogP contribution in [0.2, 0.25) is 5.02 Å². The number of nitrogen functional groups attached to an aromatic ring is 1. The summed E-state index contributed by atoms with van der Waals surface area (Å²) in [7, 11) is 0. The Balaban J connectivity index is 1.51. The van der Waals surface area contributed by atoms with Crippen LogP contribution in [-0.2, 0) is 6.42 Å². The van der Waals surface area contributed by atoms with Crippen LogP contribution in [0.1, 0.15) is 24.2 Å². The predicted molar refractivity (Wildman–Crippen MR) is 97.5 cm³/mol. The number of urea groups is 1. The second kappa shape index (κ2) is 7.36. The summed E-state index contributed by atoms with van der Waals surface area (Å²) < 4.78 is 4.06. The molecule has 1 aliphatic heterocycles. The fraction of sp³-hybridized carbons (Fsp3) is 0.438. The molecule has 2 aromatic rings. The maximum atomic E-state index is 12.3. The predicted octanol–water partition coefficient (Wildman–Crippen LogP) is 3.57. The maximum Gasteiger partial charge on any atom is 0.323 e. The van der Waals surface area contributed by atoms with E-state index in [4.69, 9.17) is 17.3 Å². The Kier molecular flexibility index (Phi) is 5.20. The second-order valence-corrected chi connectivity index (χ2v) is 7.24. The molecule has 1 saturated heterocycles. The summed E-state index contributed by atoms with van der Waals surface area (Å²) in [5, 5.41) is 4.02. The van der Waals surface area contributed by atoms with E-state index in [-0.39, 0.29) is 6.03 Å². The van der Waals surface area contributed by atoms with Crippen molar-refractivity contribution in [2.24, 2.45) is 5.92 Å². The monoisotopic (exact) mass is 365 g/mol. The summed E-state index contributed by atoms with van der Waals surface area (Å²) in [6, 6.07) is 5.56. The zero-order valence-electron chi connectivity index (χ0n) is 13.5. The van der Waals surface area contributed by atoms with Crippen LogP contribution < -0.4 is 11.1 Å². The minimum Gasteiger partial charge on any atom is -0.398 e.